The summed E-state index contributed by atoms with van der Waals surface area (Å²) in [5.41, 5.74) is 2.21. The minimum absolute atomic E-state index is 0.0619. The summed E-state index contributed by atoms with van der Waals surface area (Å²) < 4.78 is 14.1. The average Bonchev–Trinajstić information content (AvgIpc) is 2.14. The zero-order valence-electron chi connectivity index (χ0n) is 9.43. The molecule has 0 saturated heterocycles. The lowest BCUT2D eigenvalue weighted by Gasteiger charge is -2.22. The molecule has 2 heteroatoms. The second-order valence-electron chi connectivity index (χ2n) is 4.76. The summed E-state index contributed by atoms with van der Waals surface area (Å²) >= 11 is 3.32. The molecule has 0 bridgehead atoms. The molecule has 0 atom stereocenters. The Morgan fingerprint density at radius 2 is 2.00 bits per heavy atom. The van der Waals surface area contributed by atoms with Crippen molar-refractivity contribution in [3.8, 4) is 0 Å². The minimum atomic E-state index is -0.197. The molecule has 2 rings (SSSR count). The van der Waals surface area contributed by atoms with E-state index in [1.165, 1.54) is 11.6 Å². The second-order valence-corrected chi connectivity index (χ2v) is 5.67. The number of hydrogen-bond acceptors (Lipinski definition) is 0. The van der Waals surface area contributed by atoms with Crippen LogP contribution in [0.5, 0.6) is 0 Å². The lowest BCUT2D eigenvalue weighted by atomic mass is 9.83. The van der Waals surface area contributed by atoms with Gasteiger partial charge in [-0.05, 0) is 35.8 Å². The highest BCUT2D eigenvalue weighted by atomic mass is 79.9. The van der Waals surface area contributed by atoms with Crippen LogP contribution in [0, 0.1) is 11.2 Å². The van der Waals surface area contributed by atoms with Crippen molar-refractivity contribution in [3.63, 3.8) is 0 Å². The van der Waals surface area contributed by atoms with E-state index in [1.807, 2.05) is 6.07 Å². The molecule has 0 spiro atoms. The molecule has 0 aromatic heterocycles. The first-order chi connectivity index (χ1) is 7.46. The molecule has 0 unspecified atom stereocenters. The van der Waals surface area contributed by atoms with E-state index in [-0.39, 0.29) is 11.2 Å². The Morgan fingerprint density at radius 1 is 1.25 bits per heavy atom. The number of hydrogen-bond donors (Lipinski definition) is 0. The van der Waals surface area contributed by atoms with Crippen molar-refractivity contribution in [1.29, 1.82) is 0 Å². The summed E-state index contributed by atoms with van der Waals surface area (Å²) in [5.74, 6) is -0.197. The third kappa shape index (κ3) is 2.62. The third-order valence-electron chi connectivity index (χ3n) is 2.66. The van der Waals surface area contributed by atoms with Crippen LogP contribution in [0.15, 0.2) is 40.9 Å². The molecule has 0 saturated carbocycles. The summed E-state index contributed by atoms with van der Waals surface area (Å²) in [4.78, 5) is 0. The number of allylic oxidation sites excluding steroid dienone is 4. The molecule has 1 aliphatic carbocycles. The van der Waals surface area contributed by atoms with Crippen LogP contribution in [0.4, 0.5) is 4.39 Å². The Labute approximate surface area is 104 Å². The Bertz CT molecular complexity index is 449. The third-order valence-corrected chi connectivity index (χ3v) is 3.12. The van der Waals surface area contributed by atoms with Crippen LogP contribution in [-0.2, 0) is 0 Å². The van der Waals surface area contributed by atoms with Gasteiger partial charge in [0.1, 0.15) is 5.82 Å². The molecule has 0 nitrogen and oxygen atoms in total. The Morgan fingerprint density at radius 3 is 2.62 bits per heavy atom. The molecule has 0 amide bonds. The monoisotopic (exact) mass is 280 g/mol. The molecular formula is C14H14BrF. The first-order valence-electron chi connectivity index (χ1n) is 5.32. The van der Waals surface area contributed by atoms with E-state index in [0.717, 1.165) is 16.5 Å². The van der Waals surface area contributed by atoms with E-state index in [0.29, 0.717) is 0 Å². The number of benzene rings is 1. The maximum Gasteiger partial charge on any atom is 0.124 e. The quantitative estimate of drug-likeness (QED) is 0.638. The van der Waals surface area contributed by atoms with Gasteiger partial charge in [0, 0.05) is 9.89 Å². The van der Waals surface area contributed by atoms with E-state index < -0.39 is 0 Å². The van der Waals surface area contributed by atoms with Gasteiger partial charge in [-0.3, -0.25) is 0 Å². The van der Waals surface area contributed by atoms with E-state index in [1.54, 1.807) is 6.07 Å². The second kappa shape index (κ2) is 4.17. The summed E-state index contributed by atoms with van der Waals surface area (Å²) in [7, 11) is 0. The van der Waals surface area contributed by atoms with E-state index in [4.69, 9.17) is 0 Å². The smallest absolute Gasteiger partial charge is 0.124 e. The molecule has 0 heterocycles. The molecule has 1 aromatic rings. The molecule has 1 aliphatic rings. The van der Waals surface area contributed by atoms with Crippen molar-refractivity contribution in [3.05, 3.63) is 52.3 Å². The van der Waals surface area contributed by atoms with Gasteiger partial charge >= 0.3 is 0 Å². The van der Waals surface area contributed by atoms with Gasteiger partial charge in [-0.2, -0.15) is 0 Å². The van der Waals surface area contributed by atoms with Gasteiger partial charge in [-0.1, -0.05) is 48.0 Å². The lowest BCUT2D eigenvalue weighted by molar-refractivity contribution is 0.616. The van der Waals surface area contributed by atoms with Crippen LogP contribution in [0.3, 0.4) is 0 Å². The molecule has 1 aromatic carbocycles. The van der Waals surface area contributed by atoms with E-state index >= 15 is 0 Å². The molecular weight excluding hydrogens is 267 g/mol. The predicted molar refractivity (Wildman–Crippen MR) is 69.6 cm³/mol. The van der Waals surface area contributed by atoms with Crippen LogP contribution in [-0.4, -0.2) is 0 Å². The summed E-state index contributed by atoms with van der Waals surface area (Å²) in [6.07, 6.45) is 7.41. The van der Waals surface area contributed by atoms with Crippen LogP contribution < -0.4 is 0 Å². The molecule has 0 aliphatic heterocycles. The predicted octanol–water partition coefficient (Wildman–Crippen LogP) is 4.96. The van der Waals surface area contributed by atoms with Gasteiger partial charge < -0.3 is 0 Å². The maximum atomic E-state index is 13.3. The minimum Gasteiger partial charge on any atom is -0.207 e. The van der Waals surface area contributed by atoms with Gasteiger partial charge in [0.15, 0.2) is 0 Å². The molecule has 16 heavy (non-hydrogen) atoms. The summed E-state index contributed by atoms with van der Waals surface area (Å²) in [6.45, 7) is 4.30. The van der Waals surface area contributed by atoms with Crippen molar-refractivity contribution >= 4 is 21.5 Å². The molecule has 0 fully saturated rings. The van der Waals surface area contributed by atoms with Crippen LogP contribution in [0.2, 0.25) is 0 Å². The van der Waals surface area contributed by atoms with Crippen LogP contribution >= 0.6 is 15.9 Å². The Balaban J connectivity index is 2.42. The fourth-order valence-electron chi connectivity index (χ4n) is 1.99. The number of rotatable bonds is 1. The van der Waals surface area contributed by atoms with Gasteiger partial charge in [0.2, 0.25) is 0 Å². The average molecular weight is 281 g/mol. The fraction of sp³-hybridized carbons (Fsp3) is 0.286. The standard InChI is InChI=1S/C14H14BrF/c1-14(2)5-3-4-10(9-14)11-6-12(15)8-13(16)7-11/h3,5-9H,4H2,1-2H3. The number of halogens is 2. The molecule has 0 radical (unpaired) electrons. The lowest BCUT2D eigenvalue weighted by Crippen LogP contribution is -2.07. The molecule has 84 valence electrons. The van der Waals surface area contributed by atoms with Crippen molar-refractivity contribution in [1.82, 2.24) is 0 Å². The van der Waals surface area contributed by atoms with Crippen molar-refractivity contribution in [2.45, 2.75) is 20.3 Å². The summed E-state index contributed by atoms with van der Waals surface area (Å²) in [6, 6.07) is 5.03. The Kier molecular flexibility index (Phi) is 3.02. The molecule has 0 N–H and O–H groups in total. The van der Waals surface area contributed by atoms with Crippen LogP contribution in [0.1, 0.15) is 25.8 Å². The van der Waals surface area contributed by atoms with Gasteiger partial charge in [-0.15, -0.1) is 0 Å². The fourth-order valence-corrected chi connectivity index (χ4v) is 2.45. The van der Waals surface area contributed by atoms with Crippen molar-refractivity contribution in [2.75, 3.05) is 0 Å². The Hall–Kier alpha value is -0.890. The highest BCUT2D eigenvalue weighted by Crippen LogP contribution is 2.33. The first-order valence-corrected chi connectivity index (χ1v) is 6.11. The van der Waals surface area contributed by atoms with Crippen molar-refractivity contribution < 1.29 is 4.39 Å². The summed E-state index contributed by atoms with van der Waals surface area (Å²) in [5, 5.41) is 0. The van der Waals surface area contributed by atoms with Gasteiger partial charge in [0.25, 0.3) is 0 Å². The highest BCUT2D eigenvalue weighted by molar-refractivity contribution is 9.10. The zero-order valence-corrected chi connectivity index (χ0v) is 11.0. The van der Waals surface area contributed by atoms with Gasteiger partial charge in [-0.25, -0.2) is 4.39 Å². The zero-order chi connectivity index (χ0) is 11.8. The van der Waals surface area contributed by atoms with Crippen molar-refractivity contribution in [2.24, 2.45) is 5.41 Å². The van der Waals surface area contributed by atoms with E-state index in [2.05, 4.69) is 48.0 Å². The topological polar surface area (TPSA) is 0 Å². The highest BCUT2D eigenvalue weighted by Gasteiger charge is 2.16. The normalized spacial score (nSPS) is 18.4. The first kappa shape index (κ1) is 11.6. The van der Waals surface area contributed by atoms with Gasteiger partial charge in [0.05, 0.1) is 0 Å². The van der Waals surface area contributed by atoms with E-state index in [9.17, 15) is 4.39 Å². The largest absolute Gasteiger partial charge is 0.207 e. The van der Waals surface area contributed by atoms with Crippen LogP contribution in [0.25, 0.3) is 5.57 Å². The SMILES string of the molecule is CC1(C)C=CCC(c2cc(F)cc(Br)c2)=C1. The maximum absolute atomic E-state index is 13.3.